The van der Waals surface area contributed by atoms with Crippen LogP contribution in [0.15, 0.2) is 0 Å². The first-order valence-electron chi connectivity index (χ1n) is 7.18. The molecule has 116 valence electrons. The molecule has 4 N–H and O–H groups in total. The minimum atomic E-state index is -0.146. The SMILES string of the molecule is CNC(=O)NCC1(C)CCC(NC(=O)NC)CC1(C)C. The monoisotopic (exact) mass is 284 g/mol. The topological polar surface area (TPSA) is 82.3 Å². The molecule has 0 aromatic carbocycles. The van der Waals surface area contributed by atoms with Crippen LogP contribution in [0.1, 0.15) is 40.0 Å². The number of amides is 4. The number of hydrogen-bond donors (Lipinski definition) is 4. The Hall–Kier alpha value is -1.46. The van der Waals surface area contributed by atoms with Crippen LogP contribution in [0.2, 0.25) is 0 Å². The molecule has 2 atom stereocenters. The van der Waals surface area contributed by atoms with Crippen LogP contribution in [0.25, 0.3) is 0 Å². The largest absolute Gasteiger partial charge is 0.341 e. The van der Waals surface area contributed by atoms with Crippen molar-refractivity contribution >= 4 is 12.1 Å². The predicted molar refractivity (Wildman–Crippen MR) is 79.6 cm³/mol. The summed E-state index contributed by atoms with van der Waals surface area (Å²) in [7, 11) is 3.24. The zero-order chi connectivity index (χ0) is 15.4. The third-order valence-electron chi connectivity index (χ3n) is 4.86. The number of carbonyl (C=O) groups is 2. The fraction of sp³-hybridized carbons (Fsp3) is 0.857. The van der Waals surface area contributed by atoms with Crippen molar-refractivity contribution in [3.63, 3.8) is 0 Å². The van der Waals surface area contributed by atoms with Gasteiger partial charge in [0.05, 0.1) is 0 Å². The number of carbonyl (C=O) groups excluding carboxylic acids is 2. The molecule has 20 heavy (non-hydrogen) atoms. The van der Waals surface area contributed by atoms with Crippen molar-refractivity contribution in [2.75, 3.05) is 20.6 Å². The van der Waals surface area contributed by atoms with Gasteiger partial charge in [0.1, 0.15) is 0 Å². The highest BCUT2D eigenvalue weighted by Gasteiger charge is 2.46. The second kappa shape index (κ2) is 6.33. The molecule has 0 bridgehead atoms. The van der Waals surface area contributed by atoms with Crippen molar-refractivity contribution < 1.29 is 9.59 Å². The fourth-order valence-electron chi connectivity index (χ4n) is 2.87. The lowest BCUT2D eigenvalue weighted by atomic mass is 9.57. The highest BCUT2D eigenvalue weighted by molar-refractivity contribution is 5.74. The lowest BCUT2D eigenvalue weighted by Gasteiger charge is -2.50. The van der Waals surface area contributed by atoms with Gasteiger partial charge in [0.25, 0.3) is 0 Å². The van der Waals surface area contributed by atoms with Gasteiger partial charge in [-0.1, -0.05) is 20.8 Å². The van der Waals surface area contributed by atoms with E-state index in [1.54, 1.807) is 14.1 Å². The van der Waals surface area contributed by atoms with Crippen LogP contribution >= 0.6 is 0 Å². The molecule has 6 heteroatoms. The third-order valence-corrected chi connectivity index (χ3v) is 4.86. The van der Waals surface area contributed by atoms with Crippen molar-refractivity contribution in [1.82, 2.24) is 21.3 Å². The van der Waals surface area contributed by atoms with Crippen LogP contribution in [0.5, 0.6) is 0 Å². The van der Waals surface area contributed by atoms with Crippen LogP contribution in [0, 0.1) is 10.8 Å². The van der Waals surface area contributed by atoms with Crippen LogP contribution < -0.4 is 21.3 Å². The molecule has 0 heterocycles. The zero-order valence-electron chi connectivity index (χ0n) is 13.2. The molecular formula is C14H28N4O2. The van der Waals surface area contributed by atoms with E-state index in [2.05, 4.69) is 42.0 Å². The van der Waals surface area contributed by atoms with E-state index in [0.29, 0.717) is 6.54 Å². The molecule has 0 aliphatic heterocycles. The molecule has 2 unspecified atom stereocenters. The lowest BCUT2D eigenvalue weighted by Crippen LogP contribution is -2.54. The maximum Gasteiger partial charge on any atom is 0.314 e. The molecule has 1 fully saturated rings. The second-order valence-corrected chi connectivity index (χ2v) is 6.54. The van der Waals surface area contributed by atoms with E-state index in [9.17, 15) is 9.59 Å². The standard InChI is InChI=1S/C14H28N4O2/c1-13(2)8-10(18-12(20)16-5)6-7-14(13,3)9-17-11(19)15-4/h10H,6-9H2,1-5H3,(H2,15,17,19)(H2,16,18,20). The van der Waals surface area contributed by atoms with Crippen molar-refractivity contribution in [1.29, 1.82) is 0 Å². The molecule has 0 aromatic heterocycles. The number of rotatable bonds is 3. The van der Waals surface area contributed by atoms with Gasteiger partial charge in [0, 0.05) is 26.7 Å². The average Bonchev–Trinajstić information content (AvgIpc) is 2.40. The van der Waals surface area contributed by atoms with Gasteiger partial charge in [-0.15, -0.1) is 0 Å². The Morgan fingerprint density at radius 2 is 1.70 bits per heavy atom. The van der Waals surface area contributed by atoms with Gasteiger partial charge in [-0.2, -0.15) is 0 Å². The first-order valence-corrected chi connectivity index (χ1v) is 7.18. The van der Waals surface area contributed by atoms with Gasteiger partial charge >= 0.3 is 12.1 Å². The highest BCUT2D eigenvalue weighted by atomic mass is 16.2. The van der Waals surface area contributed by atoms with E-state index in [-0.39, 0.29) is 28.9 Å². The average molecular weight is 284 g/mol. The van der Waals surface area contributed by atoms with Gasteiger partial charge in [-0.25, -0.2) is 9.59 Å². The minimum Gasteiger partial charge on any atom is -0.341 e. The molecule has 1 aliphatic carbocycles. The summed E-state index contributed by atoms with van der Waals surface area (Å²) in [5, 5.41) is 11.1. The summed E-state index contributed by atoms with van der Waals surface area (Å²) < 4.78 is 0. The van der Waals surface area contributed by atoms with Crippen LogP contribution in [0.4, 0.5) is 9.59 Å². The lowest BCUT2D eigenvalue weighted by molar-refractivity contribution is 0.0212. The normalized spacial score (nSPS) is 28.4. The molecule has 1 aliphatic rings. The van der Waals surface area contributed by atoms with Gasteiger partial charge in [-0.05, 0) is 30.1 Å². The maximum atomic E-state index is 11.4. The molecule has 4 amide bonds. The van der Waals surface area contributed by atoms with Gasteiger partial charge in [-0.3, -0.25) is 0 Å². The second-order valence-electron chi connectivity index (χ2n) is 6.54. The zero-order valence-corrected chi connectivity index (χ0v) is 13.2. The Labute approximate surface area is 121 Å². The first kappa shape index (κ1) is 16.6. The third kappa shape index (κ3) is 3.77. The predicted octanol–water partition coefficient (Wildman–Crippen LogP) is 1.43. The fourth-order valence-corrected chi connectivity index (χ4v) is 2.87. The van der Waals surface area contributed by atoms with Crippen molar-refractivity contribution in [2.24, 2.45) is 10.8 Å². The van der Waals surface area contributed by atoms with E-state index >= 15 is 0 Å². The van der Waals surface area contributed by atoms with E-state index in [1.807, 2.05) is 0 Å². The van der Waals surface area contributed by atoms with Crippen LogP contribution in [-0.4, -0.2) is 38.7 Å². The Morgan fingerprint density at radius 1 is 1.10 bits per heavy atom. The molecular weight excluding hydrogens is 256 g/mol. The van der Waals surface area contributed by atoms with E-state index in [1.165, 1.54) is 0 Å². The summed E-state index contributed by atoms with van der Waals surface area (Å²) in [6, 6.07) is -0.0800. The summed E-state index contributed by atoms with van der Waals surface area (Å²) in [6.45, 7) is 7.26. The number of urea groups is 2. The Kier molecular flexibility index (Phi) is 5.25. The number of hydrogen-bond acceptors (Lipinski definition) is 2. The van der Waals surface area contributed by atoms with Crippen LogP contribution in [-0.2, 0) is 0 Å². The maximum absolute atomic E-state index is 11.4. The molecule has 1 rings (SSSR count). The summed E-state index contributed by atoms with van der Waals surface area (Å²) in [4.78, 5) is 22.8. The highest BCUT2D eigenvalue weighted by Crippen LogP contribution is 2.49. The smallest absolute Gasteiger partial charge is 0.314 e. The van der Waals surface area contributed by atoms with Crippen molar-refractivity contribution in [3.05, 3.63) is 0 Å². The van der Waals surface area contributed by atoms with Gasteiger partial charge in [0.15, 0.2) is 0 Å². The minimum absolute atomic E-state index is 0.0282. The molecule has 0 spiro atoms. The molecule has 0 aromatic rings. The molecule has 1 saturated carbocycles. The summed E-state index contributed by atoms with van der Waals surface area (Å²) >= 11 is 0. The quantitative estimate of drug-likeness (QED) is 0.632. The van der Waals surface area contributed by atoms with Gasteiger partial charge in [0.2, 0.25) is 0 Å². The Morgan fingerprint density at radius 3 is 2.20 bits per heavy atom. The van der Waals surface area contributed by atoms with E-state index in [0.717, 1.165) is 19.3 Å². The Balaban J connectivity index is 2.64. The van der Waals surface area contributed by atoms with Crippen molar-refractivity contribution in [2.45, 2.75) is 46.1 Å². The Bertz CT molecular complexity index is 370. The summed E-state index contributed by atoms with van der Waals surface area (Å²) in [6.07, 6.45) is 2.81. The first-order chi connectivity index (χ1) is 9.24. The van der Waals surface area contributed by atoms with E-state index in [4.69, 9.17) is 0 Å². The molecule has 6 nitrogen and oxygen atoms in total. The van der Waals surface area contributed by atoms with Crippen molar-refractivity contribution in [3.8, 4) is 0 Å². The van der Waals surface area contributed by atoms with Gasteiger partial charge < -0.3 is 21.3 Å². The number of nitrogens with one attached hydrogen (secondary N) is 4. The van der Waals surface area contributed by atoms with E-state index < -0.39 is 0 Å². The van der Waals surface area contributed by atoms with Crippen LogP contribution in [0.3, 0.4) is 0 Å². The summed E-state index contributed by atoms with van der Waals surface area (Å²) in [5.74, 6) is 0. The molecule has 0 radical (unpaired) electrons. The molecule has 0 saturated heterocycles. The summed E-state index contributed by atoms with van der Waals surface area (Å²) in [5.41, 5.74) is 0.0678.